The van der Waals surface area contributed by atoms with Crippen LogP contribution < -0.4 is 4.90 Å². The molecule has 4 aromatic carbocycles. The molecule has 0 radical (unpaired) electrons. The summed E-state index contributed by atoms with van der Waals surface area (Å²) in [5, 5.41) is 2.21. The van der Waals surface area contributed by atoms with Crippen LogP contribution in [0.25, 0.3) is 16.8 Å². The molecule has 0 fully saturated rings. The number of nitrogens with zero attached hydrogens (tertiary/aromatic N) is 1. The Morgan fingerprint density at radius 1 is 0.800 bits per heavy atom. The summed E-state index contributed by atoms with van der Waals surface area (Å²) < 4.78 is 0. The van der Waals surface area contributed by atoms with Crippen molar-refractivity contribution in [2.45, 2.75) is 13.3 Å². The Balaban J connectivity index is 1.65. The molecule has 0 atom stereocenters. The molecule has 0 aliphatic rings. The van der Waals surface area contributed by atoms with Crippen LogP contribution >= 0.6 is 0 Å². The number of hydrogen-bond acceptors (Lipinski definition) is 1. The Kier molecular flexibility index (Phi) is 6.05. The van der Waals surface area contributed by atoms with Gasteiger partial charge in [-0.1, -0.05) is 91.9 Å². The molecule has 0 saturated heterocycles. The van der Waals surface area contributed by atoms with E-state index >= 15 is 0 Å². The molecule has 0 aliphatic heterocycles. The molecule has 0 spiro atoms. The van der Waals surface area contributed by atoms with Crippen molar-refractivity contribution in [2.24, 2.45) is 0 Å². The van der Waals surface area contributed by atoms with Crippen molar-refractivity contribution < 1.29 is 4.79 Å². The third-order valence-corrected chi connectivity index (χ3v) is 5.30. The molecule has 0 heterocycles. The van der Waals surface area contributed by atoms with Crippen molar-refractivity contribution in [3.8, 4) is 0 Å². The second-order valence-corrected chi connectivity index (χ2v) is 7.31. The first kappa shape index (κ1) is 19.7. The van der Waals surface area contributed by atoms with E-state index < -0.39 is 0 Å². The Labute approximate surface area is 178 Å². The molecule has 0 aromatic heterocycles. The zero-order valence-electron chi connectivity index (χ0n) is 17.2. The van der Waals surface area contributed by atoms with E-state index in [0.717, 1.165) is 28.4 Å². The first-order chi connectivity index (χ1) is 14.7. The lowest BCUT2D eigenvalue weighted by molar-refractivity contribution is 0.0990. The quantitative estimate of drug-likeness (QED) is 0.355. The Morgan fingerprint density at radius 3 is 2.23 bits per heavy atom. The molecule has 2 nitrogen and oxygen atoms in total. The summed E-state index contributed by atoms with van der Waals surface area (Å²) >= 11 is 0. The summed E-state index contributed by atoms with van der Waals surface area (Å²) in [5.74, 6) is 0.00251. The largest absolute Gasteiger partial charge is 0.305 e. The predicted molar refractivity (Wildman–Crippen MR) is 127 cm³/mol. The van der Waals surface area contributed by atoms with Crippen molar-refractivity contribution in [3.05, 3.63) is 120 Å². The van der Waals surface area contributed by atoms with Gasteiger partial charge in [-0.2, -0.15) is 0 Å². The van der Waals surface area contributed by atoms with Crippen molar-refractivity contribution in [1.29, 1.82) is 0 Å². The van der Waals surface area contributed by atoms with Crippen LogP contribution in [-0.2, 0) is 6.42 Å². The number of rotatable bonds is 6. The molecule has 0 unspecified atom stereocenters. The topological polar surface area (TPSA) is 20.3 Å². The molecule has 0 bridgehead atoms. The summed E-state index contributed by atoms with van der Waals surface area (Å²) in [6, 6.07) is 32.4. The minimum Gasteiger partial charge on any atom is -0.305 e. The fourth-order valence-electron chi connectivity index (χ4n) is 3.55. The summed E-state index contributed by atoms with van der Waals surface area (Å²) in [7, 11) is 0. The first-order valence-corrected chi connectivity index (χ1v) is 10.4. The molecular formula is C28H25NO. The molecule has 148 valence electrons. The number of hydrogen-bond donors (Lipinski definition) is 0. The monoisotopic (exact) mass is 391 g/mol. The van der Waals surface area contributed by atoms with Gasteiger partial charge in [0.05, 0.1) is 0 Å². The van der Waals surface area contributed by atoms with E-state index in [1.54, 1.807) is 0 Å². The molecule has 0 aliphatic carbocycles. The maximum atomic E-state index is 13.5. The standard InChI is InChI=1S/C28H25NO/c1-2-22-14-18-27(19-15-22)29(20-8-11-23-9-4-3-5-10-23)28(30)26-17-16-24-12-6-7-13-25(24)21-26/h3-19,21H,2,20H2,1H3/b11-8+. The number of fused-ring (bicyclic) bond motifs is 1. The number of benzene rings is 4. The lowest BCUT2D eigenvalue weighted by Gasteiger charge is -2.22. The predicted octanol–water partition coefficient (Wildman–Crippen LogP) is 6.76. The lowest BCUT2D eigenvalue weighted by Crippen LogP contribution is -2.31. The van der Waals surface area contributed by atoms with Crippen LogP contribution in [0.5, 0.6) is 0 Å². The van der Waals surface area contributed by atoms with Crippen molar-refractivity contribution >= 4 is 28.4 Å². The summed E-state index contributed by atoms with van der Waals surface area (Å²) in [5.41, 5.74) is 3.98. The minimum atomic E-state index is 0.00251. The smallest absolute Gasteiger partial charge is 0.258 e. The van der Waals surface area contributed by atoms with E-state index in [0.29, 0.717) is 12.1 Å². The highest BCUT2D eigenvalue weighted by molar-refractivity contribution is 6.08. The van der Waals surface area contributed by atoms with Gasteiger partial charge in [-0.25, -0.2) is 0 Å². The van der Waals surface area contributed by atoms with Gasteiger partial charge in [0, 0.05) is 17.8 Å². The molecule has 1 amide bonds. The van der Waals surface area contributed by atoms with Gasteiger partial charge >= 0.3 is 0 Å². The van der Waals surface area contributed by atoms with Crippen LogP contribution in [0.1, 0.15) is 28.4 Å². The van der Waals surface area contributed by atoms with Crippen LogP contribution in [0.2, 0.25) is 0 Å². The lowest BCUT2D eigenvalue weighted by atomic mass is 10.1. The second-order valence-electron chi connectivity index (χ2n) is 7.31. The normalized spacial score (nSPS) is 11.1. The summed E-state index contributed by atoms with van der Waals surface area (Å²) in [6.07, 6.45) is 5.08. The van der Waals surface area contributed by atoms with Crippen LogP contribution in [0, 0.1) is 0 Å². The molecule has 2 heteroatoms. The molecule has 0 N–H and O–H groups in total. The molecule has 4 rings (SSSR count). The van der Waals surface area contributed by atoms with Gasteiger partial charge in [-0.05, 0) is 52.6 Å². The number of carbonyl (C=O) groups is 1. The van der Waals surface area contributed by atoms with Gasteiger partial charge < -0.3 is 4.90 Å². The van der Waals surface area contributed by atoms with E-state index in [2.05, 4.69) is 43.3 Å². The van der Waals surface area contributed by atoms with Gasteiger partial charge in [0.25, 0.3) is 5.91 Å². The van der Waals surface area contributed by atoms with Crippen LogP contribution in [0.4, 0.5) is 5.69 Å². The first-order valence-electron chi connectivity index (χ1n) is 10.4. The Morgan fingerprint density at radius 2 is 1.50 bits per heavy atom. The molecule has 0 saturated carbocycles. The van der Waals surface area contributed by atoms with Gasteiger partial charge in [-0.15, -0.1) is 0 Å². The van der Waals surface area contributed by atoms with E-state index in [1.165, 1.54) is 5.56 Å². The summed E-state index contributed by atoms with van der Waals surface area (Å²) in [4.78, 5) is 15.3. The van der Waals surface area contributed by atoms with Gasteiger partial charge in [-0.3, -0.25) is 4.79 Å². The fourth-order valence-corrected chi connectivity index (χ4v) is 3.55. The zero-order chi connectivity index (χ0) is 20.8. The second kappa shape index (κ2) is 9.23. The average Bonchev–Trinajstić information content (AvgIpc) is 2.82. The van der Waals surface area contributed by atoms with Crippen molar-refractivity contribution in [3.63, 3.8) is 0 Å². The van der Waals surface area contributed by atoms with Crippen LogP contribution in [0.3, 0.4) is 0 Å². The average molecular weight is 392 g/mol. The highest BCUT2D eigenvalue weighted by Gasteiger charge is 2.17. The number of aryl methyl sites for hydroxylation is 1. The van der Waals surface area contributed by atoms with Crippen LogP contribution in [0.15, 0.2) is 103 Å². The minimum absolute atomic E-state index is 0.00251. The van der Waals surface area contributed by atoms with Crippen LogP contribution in [-0.4, -0.2) is 12.5 Å². The maximum absolute atomic E-state index is 13.5. The number of amides is 1. The highest BCUT2D eigenvalue weighted by Crippen LogP contribution is 2.22. The van der Waals surface area contributed by atoms with Crippen molar-refractivity contribution in [1.82, 2.24) is 0 Å². The highest BCUT2D eigenvalue weighted by atomic mass is 16.2. The SMILES string of the molecule is CCc1ccc(N(C/C=C/c2ccccc2)C(=O)c2ccc3ccccc3c2)cc1. The number of anilines is 1. The summed E-state index contributed by atoms with van der Waals surface area (Å²) in [6.45, 7) is 2.64. The molecular weight excluding hydrogens is 366 g/mol. The van der Waals surface area contributed by atoms with Crippen molar-refractivity contribution in [2.75, 3.05) is 11.4 Å². The fraction of sp³-hybridized carbons (Fsp3) is 0.107. The van der Waals surface area contributed by atoms with E-state index in [9.17, 15) is 4.79 Å². The third kappa shape index (κ3) is 4.49. The molecule has 30 heavy (non-hydrogen) atoms. The number of carbonyl (C=O) groups excluding carboxylic acids is 1. The zero-order valence-corrected chi connectivity index (χ0v) is 17.2. The van der Waals surface area contributed by atoms with E-state index in [4.69, 9.17) is 0 Å². The van der Waals surface area contributed by atoms with Gasteiger partial charge in [0.2, 0.25) is 0 Å². The Bertz CT molecular complexity index is 1160. The van der Waals surface area contributed by atoms with Gasteiger partial charge in [0.1, 0.15) is 0 Å². The van der Waals surface area contributed by atoms with E-state index in [-0.39, 0.29) is 5.91 Å². The maximum Gasteiger partial charge on any atom is 0.258 e. The third-order valence-electron chi connectivity index (χ3n) is 5.30. The van der Waals surface area contributed by atoms with E-state index in [1.807, 2.05) is 77.7 Å². The van der Waals surface area contributed by atoms with Gasteiger partial charge in [0.15, 0.2) is 0 Å². The molecule has 4 aromatic rings. The Hall–Kier alpha value is -3.65.